The van der Waals surface area contributed by atoms with E-state index in [1.165, 1.54) is 4.90 Å². The zero-order valence-corrected chi connectivity index (χ0v) is 6.54. The second kappa shape index (κ2) is 3.37. The summed E-state index contributed by atoms with van der Waals surface area (Å²) >= 11 is 0. The molecule has 1 N–H and O–H groups in total. The summed E-state index contributed by atoms with van der Waals surface area (Å²) in [6.45, 7) is 3.20. The van der Waals surface area contributed by atoms with Gasteiger partial charge < -0.3 is 10.2 Å². The molecule has 0 aromatic heterocycles. The van der Waals surface area contributed by atoms with Crippen molar-refractivity contribution < 1.29 is 9.59 Å². The van der Waals surface area contributed by atoms with Gasteiger partial charge in [-0.15, -0.1) is 0 Å². The van der Waals surface area contributed by atoms with Crippen LogP contribution in [-0.2, 0) is 9.59 Å². The van der Waals surface area contributed by atoms with Crippen molar-refractivity contribution in [2.24, 2.45) is 0 Å². The Hall–Kier alpha value is -1.06. The molecular weight excluding hydrogens is 144 g/mol. The van der Waals surface area contributed by atoms with E-state index >= 15 is 0 Å². The summed E-state index contributed by atoms with van der Waals surface area (Å²) in [5, 5.41) is 2.67. The minimum Gasteiger partial charge on any atom is -0.355 e. The highest BCUT2D eigenvalue weighted by Crippen LogP contribution is 2.13. The van der Waals surface area contributed by atoms with E-state index < -0.39 is 0 Å². The molecule has 1 aliphatic rings. The summed E-state index contributed by atoms with van der Waals surface area (Å²) in [4.78, 5) is 22.8. The van der Waals surface area contributed by atoms with Crippen LogP contribution < -0.4 is 5.32 Å². The van der Waals surface area contributed by atoms with Gasteiger partial charge in [0.2, 0.25) is 12.3 Å². The topological polar surface area (TPSA) is 49.4 Å². The van der Waals surface area contributed by atoms with Crippen molar-refractivity contribution in [1.82, 2.24) is 10.2 Å². The lowest BCUT2D eigenvalue weighted by Gasteiger charge is -2.36. The van der Waals surface area contributed by atoms with E-state index in [0.717, 1.165) is 12.8 Å². The Bertz CT molecular complexity index is 170. The fourth-order valence-corrected chi connectivity index (χ4v) is 1.11. The molecule has 0 saturated carbocycles. The molecule has 0 radical (unpaired) electrons. The van der Waals surface area contributed by atoms with E-state index in [1.54, 1.807) is 0 Å². The lowest BCUT2D eigenvalue weighted by Crippen LogP contribution is -2.55. The van der Waals surface area contributed by atoms with Crippen molar-refractivity contribution in [3.63, 3.8) is 0 Å². The van der Waals surface area contributed by atoms with Crippen molar-refractivity contribution >= 4 is 12.3 Å². The standard InChI is InChI=1S/C7H12N2O2/c1-2-8-7(11)6-3-4-9(6)5-10/h5-6H,2-4H2,1H3,(H,8,11). The maximum absolute atomic E-state index is 11.1. The smallest absolute Gasteiger partial charge is 0.242 e. The summed E-state index contributed by atoms with van der Waals surface area (Å²) in [5.41, 5.74) is 0. The van der Waals surface area contributed by atoms with Crippen LogP contribution in [0, 0.1) is 0 Å². The Morgan fingerprint density at radius 3 is 2.91 bits per heavy atom. The molecule has 4 heteroatoms. The number of nitrogens with one attached hydrogen (secondary N) is 1. The van der Waals surface area contributed by atoms with Crippen LogP contribution in [0.25, 0.3) is 0 Å². The summed E-state index contributed by atoms with van der Waals surface area (Å²) in [6, 6.07) is -0.201. The Balaban J connectivity index is 2.35. The largest absolute Gasteiger partial charge is 0.355 e. The van der Waals surface area contributed by atoms with E-state index in [2.05, 4.69) is 5.32 Å². The Labute approximate surface area is 65.6 Å². The van der Waals surface area contributed by atoms with Crippen LogP contribution >= 0.6 is 0 Å². The fraction of sp³-hybridized carbons (Fsp3) is 0.714. The quantitative estimate of drug-likeness (QED) is 0.552. The van der Waals surface area contributed by atoms with E-state index in [1.807, 2.05) is 6.92 Å². The predicted octanol–water partition coefficient (Wildman–Crippen LogP) is -0.647. The van der Waals surface area contributed by atoms with Gasteiger partial charge in [-0.25, -0.2) is 0 Å². The second-order valence-electron chi connectivity index (χ2n) is 2.54. The molecule has 1 atom stereocenters. The van der Waals surface area contributed by atoms with Crippen LogP contribution in [0.3, 0.4) is 0 Å². The molecule has 1 fully saturated rings. The van der Waals surface area contributed by atoms with Gasteiger partial charge in [-0.05, 0) is 13.3 Å². The zero-order valence-electron chi connectivity index (χ0n) is 6.54. The van der Waals surface area contributed by atoms with Crippen LogP contribution in [0.1, 0.15) is 13.3 Å². The molecule has 1 aliphatic heterocycles. The van der Waals surface area contributed by atoms with Crippen molar-refractivity contribution in [2.45, 2.75) is 19.4 Å². The highest BCUT2D eigenvalue weighted by molar-refractivity contribution is 5.84. The first kappa shape index (κ1) is 8.04. The number of nitrogens with zero attached hydrogens (tertiary/aromatic N) is 1. The van der Waals surface area contributed by atoms with Gasteiger partial charge in [0.15, 0.2) is 0 Å². The van der Waals surface area contributed by atoms with Gasteiger partial charge in [0.25, 0.3) is 0 Å². The molecule has 0 aliphatic carbocycles. The van der Waals surface area contributed by atoms with Crippen LogP contribution in [0.4, 0.5) is 0 Å². The molecule has 62 valence electrons. The number of rotatable bonds is 3. The molecular formula is C7H12N2O2. The number of carbonyl (C=O) groups excluding carboxylic acids is 2. The van der Waals surface area contributed by atoms with Gasteiger partial charge in [0.1, 0.15) is 6.04 Å². The Morgan fingerprint density at radius 1 is 1.82 bits per heavy atom. The van der Waals surface area contributed by atoms with Crippen molar-refractivity contribution in [1.29, 1.82) is 0 Å². The van der Waals surface area contributed by atoms with Crippen molar-refractivity contribution in [3.05, 3.63) is 0 Å². The molecule has 4 nitrogen and oxygen atoms in total. The molecule has 0 aromatic carbocycles. The number of likely N-dealkylation sites (tertiary alicyclic amines) is 1. The Morgan fingerprint density at radius 2 is 2.55 bits per heavy atom. The molecule has 2 amide bonds. The molecule has 1 heterocycles. The first-order chi connectivity index (χ1) is 5.29. The van der Waals surface area contributed by atoms with Gasteiger partial charge in [-0.1, -0.05) is 0 Å². The lowest BCUT2D eigenvalue weighted by atomic mass is 10.0. The maximum Gasteiger partial charge on any atom is 0.242 e. The first-order valence-corrected chi connectivity index (χ1v) is 3.78. The minimum atomic E-state index is -0.201. The SMILES string of the molecule is CCNC(=O)C1CCN1C=O. The average molecular weight is 156 g/mol. The Kier molecular flexibility index (Phi) is 2.46. The van der Waals surface area contributed by atoms with E-state index in [-0.39, 0.29) is 11.9 Å². The molecule has 0 bridgehead atoms. The molecule has 1 rings (SSSR count). The van der Waals surface area contributed by atoms with Crippen LogP contribution in [0.2, 0.25) is 0 Å². The summed E-state index contributed by atoms with van der Waals surface area (Å²) in [6.07, 6.45) is 1.52. The first-order valence-electron chi connectivity index (χ1n) is 3.78. The van der Waals surface area contributed by atoms with Gasteiger partial charge in [0, 0.05) is 13.1 Å². The molecule has 0 aromatic rings. The monoisotopic (exact) mass is 156 g/mol. The third-order valence-corrected chi connectivity index (χ3v) is 1.85. The van der Waals surface area contributed by atoms with Crippen molar-refractivity contribution in [3.8, 4) is 0 Å². The van der Waals surface area contributed by atoms with E-state index in [9.17, 15) is 9.59 Å². The molecule has 0 spiro atoms. The third kappa shape index (κ3) is 1.50. The zero-order chi connectivity index (χ0) is 8.27. The van der Waals surface area contributed by atoms with E-state index in [4.69, 9.17) is 0 Å². The number of hydrogen-bond donors (Lipinski definition) is 1. The van der Waals surface area contributed by atoms with Crippen molar-refractivity contribution in [2.75, 3.05) is 13.1 Å². The molecule has 11 heavy (non-hydrogen) atoms. The normalized spacial score (nSPS) is 22.3. The number of likely N-dealkylation sites (N-methyl/N-ethyl adjacent to an activating group) is 1. The highest BCUT2D eigenvalue weighted by Gasteiger charge is 2.32. The fourth-order valence-electron chi connectivity index (χ4n) is 1.11. The summed E-state index contributed by atoms with van der Waals surface area (Å²) < 4.78 is 0. The average Bonchev–Trinajstić information content (AvgIpc) is 1.86. The third-order valence-electron chi connectivity index (χ3n) is 1.85. The molecule has 1 unspecified atom stereocenters. The van der Waals surface area contributed by atoms with Crippen LogP contribution in [0.5, 0.6) is 0 Å². The van der Waals surface area contributed by atoms with Gasteiger partial charge in [0.05, 0.1) is 0 Å². The summed E-state index contributed by atoms with van der Waals surface area (Å²) in [5.74, 6) is -0.0362. The van der Waals surface area contributed by atoms with Gasteiger partial charge >= 0.3 is 0 Å². The van der Waals surface area contributed by atoms with Crippen LogP contribution in [0.15, 0.2) is 0 Å². The van der Waals surface area contributed by atoms with Gasteiger partial charge in [-0.3, -0.25) is 9.59 Å². The van der Waals surface area contributed by atoms with Gasteiger partial charge in [-0.2, -0.15) is 0 Å². The predicted molar refractivity (Wildman–Crippen MR) is 39.9 cm³/mol. The lowest BCUT2D eigenvalue weighted by molar-refractivity contribution is -0.138. The minimum absolute atomic E-state index is 0.0362. The summed E-state index contributed by atoms with van der Waals surface area (Å²) in [7, 11) is 0. The highest BCUT2D eigenvalue weighted by atomic mass is 16.2. The number of amides is 2. The number of hydrogen-bond acceptors (Lipinski definition) is 2. The van der Waals surface area contributed by atoms with E-state index in [0.29, 0.717) is 13.1 Å². The molecule has 1 saturated heterocycles. The number of carbonyl (C=O) groups is 2. The maximum atomic E-state index is 11.1. The van der Waals surface area contributed by atoms with Crippen LogP contribution in [-0.4, -0.2) is 36.3 Å². The second-order valence-corrected chi connectivity index (χ2v) is 2.54.